The lowest BCUT2D eigenvalue weighted by molar-refractivity contribution is -0.156. The highest BCUT2D eigenvalue weighted by Gasteiger charge is 2.28. The van der Waals surface area contributed by atoms with Gasteiger partial charge in [0.2, 0.25) is 0 Å². The van der Waals surface area contributed by atoms with Gasteiger partial charge in [0.25, 0.3) is 10.2 Å². The lowest BCUT2D eigenvalue weighted by Crippen LogP contribution is -2.48. The maximum Gasteiger partial charge on any atom is 0.325 e. The predicted octanol–water partition coefficient (Wildman–Crippen LogP) is 0.993. The minimum Gasteiger partial charge on any atom is -0.459 e. The largest absolute Gasteiger partial charge is 0.459 e. The Labute approximate surface area is 126 Å². The van der Waals surface area contributed by atoms with Crippen LogP contribution in [0.1, 0.15) is 26.3 Å². The van der Waals surface area contributed by atoms with Crippen molar-refractivity contribution in [1.82, 2.24) is 9.44 Å². The minimum atomic E-state index is -3.74. The fourth-order valence-electron chi connectivity index (χ4n) is 1.64. The Kier molecular flexibility index (Phi) is 5.88. The summed E-state index contributed by atoms with van der Waals surface area (Å²) in [5.74, 6) is -0.606. The highest BCUT2D eigenvalue weighted by atomic mass is 32.2. The maximum absolute atomic E-state index is 12.2. The average Bonchev–Trinajstić information content (AvgIpc) is 2.37. The Morgan fingerprint density at radius 3 is 2.29 bits per heavy atom. The van der Waals surface area contributed by atoms with E-state index in [4.69, 9.17) is 4.74 Å². The Hall–Kier alpha value is -1.44. The molecule has 0 aliphatic rings. The molecular formula is C14H22N2O4S. The van der Waals surface area contributed by atoms with Crippen LogP contribution in [0.25, 0.3) is 0 Å². The van der Waals surface area contributed by atoms with Crippen LogP contribution in [0.2, 0.25) is 0 Å². The average molecular weight is 314 g/mol. The van der Waals surface area contributed by atoms with Gasteiger partial charge in [0, 0.05) is 7.05 Å². The Bertz CT molecular complexity index is 564. The molecule has 0 bridgehead atoms. The molecule has 0 saturated carbocycles. The molecule has 1 rings (SSSR count). The molecular weight excluding hydrogens is 292 g/mol. The molecule has 2 N–H and O–H groups in total. The van der Waals surface area contributed by atoms with Crippen LogP contribution in [0.4, 0.5) is 0 Å². The summed E-state index contributed by atoms with van der Waals surface area (Å²) in [6, 6.07) is 8.17. The summed E-state index contributed by atoms with van der Waals surface area (Å²) in [5.41, 5.74) is 0.157. The van der Waals surface area contributed by atoms with Gasteiger partial charge in [-0.2, -0.15) is 13.1 Å². The molecule has 118 valence electrons. The van der Waals surface area contributed by atoms with E-state index >= 15 is 0 Å². The molecule has 1 unspecified atom stereocenters. The van der Waals surface area contributed by atoms with E-state index in [1.807, 2.05) is 30.3 Å². The summed E-state index contributed by atoms with van der Waals surface area (Å²) in [6.07, 6.45) is 0.219. The molecule has 0 saturated heterocycles. The normalized spacial score (nSPS) is 13.7. The molecule has 0 aliphatic carbocycles. The van der Waals surface area contributed by atoms with Crippen molar-refractivity contribution in [2.75, 3.05) is 7.05 Å². The van der Waals surface area contributed by atoms with Crippen molar-refractivity contribution in [3.63, 3.8) is 0 Å². The lowest BCUT2D eigenvalue weighted by atomic mass is 10.1. The molecule has 1 aromatic carbocycles. The second-order valence-electron chi connectivity index (χ2n) is 5.60. The first-order valence-electron chi connectivity index (χ1n) is 6.60. The van der Waals surface area contributed by atoms with Crippen LogP contribution >= 0.6 is 0 Å². The Morgan fingerprint density at radius 2 is 1.81 bits per heavy atom. The highest BCUT2D eigenvalue weighted by Crippen LogP contribution is 2.12. The van der Waals surface area contributed by atoms with Gasteiger partial charge in [-0.25, -0.2) is 4.72 Å². The smallest absolute Gasteiger partial charge is 0.325 e. The van der Waals surface area contributed by atoms with Gasteiger partial charge >= 0.3 is 5.97 Å². The van der Waals surface area contributed by atoms with Crippen LogP contribution in [0.3, 0.4) is 0 Å². The summed E-state index contributed by atoms with van der Waals surface area (Å²) >= 11 is 0. The first-order valence-corrected chi connectivity index (χ1v) is 8.09. The van der Waals surface area contributed by atoms with E-state index in [-0.39, 0.29) is 6.42 Å². The second-order valence-corrected chi connectivity index (χ2v) is 7.25. The summed E-state index contributed by atoms with van der Waals surface area (Å²) in [7, 11) is -2.47. The SMILES string of the molecule is CNS(=O)(=O)NC(Cc1ccccc1)C(=O)OC(C)(C)C. The molecule has 0 heterocycles. The molecule has 6 nitrogen and oxygen atoms in total. The van der Waals surface area contributed by atoms with Gasteiger partial charge in [-0.15, -0.1) is 0 Å². The van der Waals surface area contributed by atoms with E-state index in [1.54, 1.807) is 20.8 Å². The van der Waals surface area contributed by atoms with E-state index in [0.717, 1.165) is 5.56 Å². The zero-order chi connectivity index (χ0) is 16.1. The predicted molar refractivity (Wildman–Crippen MR) is 80.9 cm³/mol. The molecule has 0 radical (unpaired) electrons. The molecule has 0 aliphatic heterocycles. The van der Waals surface area contributed by atoms with Crippen molar-refractivity contribution in [3.8, 4) is 0 Å². The number of benzene rings is 1. The lowest BCUT2D eigenvalue weighted by Gasteiger charge is -2.24. The van der Waals surface area contributed by atoms with E-state index in [2.05, 4.69) is 9.44 Å². The van der Waals surface area contributed by atoms with Crippen LogP contribution in [0.15, 0.2) is 30.3 Å². The van der Waals surface area contributed by atoms with Crippen molar-refractivity contribution in [3.05, 3.63) is 35.9 Å². The van der Waals surface area contributed by atoms with Crippen molar-refractivity contribution in [2.45, 2.75) is 38.8 Å². The van der Waals surface area contributed by atoms with Gasteiger partial charge < -0.3 is 4.74 Å². The van der Waals surface area contributed by atoms with Crippen LogP contribution in [0, 0.1) is 0 Å². The molecule has 0 spiro atoms. The standard InChI is InChI=1S/C14H22N2O4S/c1-14(2,3)20-13(17)12(16-21(18,19)15-4)10-11-8-6-5-7-9-11/h5-9,12,15-16H,10H2,1-4H3. The van der Waals surface area contributed by atoms with Crippen molar-refractivity contribution < 1.29 is 17.9 Å². The zero-order valence-corrected chi connectivity index (χ0v) is 13.5. The number of carbonyl (C=O) groups is 1. The summed E-state index contributed by atoms with van der Waals surface area (Å²) in [6.45, 7) is 5.20. The third kappa shape index (κ3) is 6.70. The van der Waals surface area contributed by atoms with Crippen molar-refractivity contribution in [1.29, 1.82) is 0 Å². The number of hydrogen-bond donors (Lipinski definition) is 2. The van der Waals surface area contributed by atoms with Gasteiger partial charge in [0.1, 0.15) is 11.6 Å². The van der Waals surface area contributed by atoms with Gasteiger partial charge in [0.05, 0.1) is 0 Å². The first-order chi connectivity index (χ1) is 9.63. The molecule has 21 heavy (non-hydrogen) atoms. The number of nitrogens with one attached hydrogen (secondary N) is 2. The number of esters is 1. The third-order valence-electron chi connectivity index (χ3n) is 2.54. The fourth-order valence-corrected chi connectivity index (χ4v) is 2.31. The highest BCUT2D eigenvalue weighted by molar-refractivity contribution is 7.87. The summed E-state index contributed by atoms with van der Waals surface area (Å²) in [4.78, 5) is 12.2. The second kappa shape index (κ2) is 7.02. The van der Waals surface area contributed by atoms with E-state index < -0.39 is 27.8 Å². The summed E-state index contributed by atoms with van der Waals surface area (Å²) < 4.78 is 33.0. The topological polar surface area (TPSA) is 84.5 Å². The van der Waals surface area contributed by atoms with Crippen molar-refractivity contribution >= 4 is 16.2 Å². The molecule has 1 atom stereocenters. The van der Waals surface area contributed by atoms with Gasteiger partial charge in [-0.3, -0.25) is 4.79 Å². The molecule has 0 amide bonds. The van der Waals surface area contributed by atoms with E-state index in [9.17, 15) is 13.2 Å². The minimum absolute atomic E-state index is 0.219. The molecule has 7 heteroatoms. The maximum atomic E-state index is 12.2. The fraction of sp³-hybridized carbons (Fsp3) is 0.500. The van der Waals surface area contributed by atoms with Crippen LogP contribution in [0.5, 0.6) is 0 Å². The Balaban J connectivity index is 2.92. The summed E-state index contributed by atoms with van der Waals surface area (Å²) in [5, 5.41) is 0. The zero-order valence-electron chi connectivity index (χ0n) is 12.7. The molecule has 0 fully saturated rings. The van der Waals surface area contributed by atoms with Crippen LogP contribution in [-0.4, -0.2) is 33.1 Å². The van der Waals surface area contributed by atoms with Crippen LogP contribution < -0.4 is 9.44 Å². The molecule has 1 aromatic rings. The quantitative estimate of drug-likeness (QED) is 0.767. The number of ether oxygens (including phenoxy) is 1. The molecule has 0 aromatic heterocycles. The van der Waals surface area contributed by atoms with E-state index in [1.165, 1.54) is 7.05 Å². The number of carbonyl (C=O) groups excluding carboxylic acids is 1. The Morgan fingerprint density at radius 1 is 1.24 bits per heavy atom. The van der Waals surface area contributed by atoms with E-state index in [0.29, 0.717) is 0 Å². The number of hydrogen-bond acceptors (Lipinski definition) is 4. The number of rotatable bonds is 6. The third-order valence-corrected chi connectivity index (χ3v) is 3.67. The van der Waals surface area contributed by atoms with Crippen molar-refractivity contribution in [2.24, 2.45) is 0 Å². The van der Waals surface area contributed by atoms with Crippen LogP contribution in [-0.2, 0) is 26.2 Å². The van der Waals surface area contributed by atoms with Gasteiger partial charge in [0.15, 0.2) is 0 Å². The monoisotopic (exact) mass is 314 g/mol. The first kappa shape index (κ1) is 17.6. The van der Waals surface area contributed by atoms with Gasteiger partial charge in [-0.1, -0.05) is 30.3 Å². The van der Waals surface area contributed by atoms with Gasteiger partial charge in [-0.05, 0) is 32.8 Å².